The Morgan fingerprint density at radius 2 is 1.50 bits per heavy atom. The molecule has 0 bridgehead atoms. The second kappa shape index (κ2) is 10.6. The van der Waals surface area contributed by atoms with E-state index in [9.17, 15) is 18.0 Å². The second-order valence-electron chi connectivity index (χ2n) is 6.87. The Balaban J connectivity index is 1.88. The van der Waals surface area contributed by atoms with E-state index >= 15 is 0 Å². The van der Waals surface area contributed by atoms with E-state index in [0.29, 0.717) is 21.8 Å². The van der Waals surface area contributed by atoms with E-state index in [4.69, 9.17) is 23.1 Å². The molecule has 0 unspecified atom stereocenters. The number of nitrogen functional groups attached to an aromatic ring is 1. The molecule has 0 saturated heterocycles. The summed E-state index contributed by atoms with van der Waals surface area (Å²) in [5.74, 6) is -2.17. The van der Waals surface area contributed by atoms with Crippen LogP contribution in [-0.2, 0) is 14.8 Å². The van der Waals surface area contributed by atoms with Crippen molar-refractivity contribution < 1.29 is 18.0 Å². The highest BCUT2D eigenvalue weighted by Crippen LogP contribution is 2.18. The number of hydrogen-bond acceptors (Lipinski definition) is 5. The van der Waals surface area contributed by atoms with Crippen molar-refractivity contribution in [2.24, 2.45) is 10.1 Å². The average molecular weight is 498 g/mol. The van der Waals surface area contributed by atoms with E-state index < -0.39 is 27.8 Å². The van der Waals surface area contributed by atoms with Gasteiger partial charge >= 0.3 is 0 Å². The van der Waals surface area contributed by atoms with E-state index in [2.05, 4.69) is 15.0 Å². The van der Waals surface area contributed by atoms with Crippen LogP contribution in [0.3, 0.4) is 0 Å². The number of nitrogens with one attached hydrogen (secondary N) is 2. The van der Waals surface area contributed by atoms with Crippen molar-refractivity contribution in [2.45, 2.75) is 4.90 Å². The molecule has 0 spiro atoms. The van der Waals surface area contributed by atoms with Crippen molar-refractivity contribution in [1.29, 1.82) is 0 Å². The van der Waals surface area contributed by atoms with Crippen LogP contribution in [0.25, 0.3) is 6.08 Å². The largest absolute Gasteiger partial charge is 0.399 e. The highest BCUT2D eigenvalue weighted by atomic mass is 35.5. The van der Waals surface area contributed by atoms with Crippen LogP contribution in [0.5, 0.6) is 0 Å². The summed E-state index contributed by atoms with van der Waals surface area (Å²) in [4.78, 5) is 25.4. The van der Waals surface area contributed by atoms with Crippen LogP contribution in [0.15, 0.2) is 93.9 Å². The molecule has 0 radical (unpaired) electrons. The van der Waals surface area contributed by atoms with E-state index in [1.54, 1.807) is 54.6 Å². The van der Waals surface area contributed by atoms with Gasteiger partial charge in [0.1, 0.15) is 5.70 Å². The Hall–Kier alpha value is -4.15. The van der Waals surface area contributed by atoms with Crippen molar-refractivity contribution in [1.82, 2.24) is 10.6 Å². The van der Waals surface area contributed by atoms with Crippen molar-refractivity contribution >= 4 is 51.2 Å². The molecule has 0 aliphatic carbocycles. The molecule has 0 saturated carbocycles. The molecule has 3 aromatic rings. The molecule has 0 fully saturated rings. The highest BCUT2D eigenvalue weighted by Gasteiger charge is 2.18. The molecule has 34 heavy (non-hydrogen) atoms. The van der Waals surface area contributed by atoms with Gasteiger partial charge in [0.2, 0.25) is 5.96 Å². The number of sulfonamides is 1. The Labute approximate surface area is 201 Å². The lowest BCUT2D eigenvalue weighted by Crippen LogP contribution is -2.42. The quantitative estimate of drug-likeness (QED) is 0.177. The summed E-state index contributed by atoms with van der Waals surface area (Å²) in [6.07, 6.45) is 1.33. The summed E-state index contributed by atoms with van der Waals surface area (Å²) < 4.78 is 28.3. The molecule has 174 valence electrons. The van der Waals surface area contributed by atoms with E-state index in [-0.39, 0.29) is 10.6 Å². The molecular formula is C23H20ClN5O4S. The first-order chi connectivity index (χ1) is 16.2. The average Bonchev–Trinajstić information content (AvgIpc) is 2.80. The number of nitrogens with zero attached hydrogens (tertiary/aromatic N) is 1. The fourth-order valence-corrected chi connectivity index (χ4v) is 3.80. The highest BCUT2D eigenvalue weighted by molar-refractivity contribution is 7.90. The minimum absolute atomic E-state index is 0.164. The van der Waals surface area contributed by atoms with E-state index in [0.717, 1.165) is 0 Å². The maximum atomic E-state index is 12.9. The minimum atomic E-state index is -4.21. The summed E-state index contributed by atoms with van der Waals surface area (Å²) in [5.41, 5.74) is 12.1. The summed E-state index contributed by atoms with van der Waals surface area (Å²) in [5, 5.41) is 4.99. The Bertz CT molecular complexity index is 1370. The number of benzene rings is 3. The van der Waals surface area contributed by atoms with Crippen LogP contribution in [0.1, 0.15) is 15.9 Å². The maximum Gasteiger partial charge on any atom is 0.285 e. The first-order valence-corrected chi connectivity index (χ1v) is 11.6. The molecule has 0 aliphatic heterocycles. The van der Waals surface area contributed by atoms with Gasteiger partial charge in [0.15, 0.2) is 0 Å². The van der Waals surface area contributed by atoms with Gasteiger partial charge in [-0.1, -0.05) is 48.0 Å². The topological polar surface area (TPSA) is 157 Å². The number of amides is 2. The number of carbonyl (C=O) groups excluding carboxylic acids is 2. The first kappa shape index (κ1) is 24.5. The summed E-state index contributed by atoms with van der Waals surface area (Å²) in [6.45, 7) is 0. The third-order valence-electron chi connectivity index (χ3n) is 4.37. The van der Waals surface area contributed by atoms with Gasteiger partial charge < -0.3 is 16.8 Å². The lowest BCUT2D eigenvalue weighted by molar-refractivity contribution is -0.116. The summed E-state index contributed by atoms with van der Waals surface area (Å²) in [6, 6.07) is 20.1. The van der Waals surface area contributed by atoms with Gasteiger partial charge in [-0.25, -0.2) is 0 Å². The molecule has 6 N–H and O–H groups in total. The van der Waals surface area contributed by atoms with Crippen molar-refractivity contribution in [3.05, 3.63) is 101 Å². The Kier molecular flexibility index (Phi) is 7.67. The number of halogens is 1. The molecule has 3 aromatic carbocycles. The van der Waals surface area contributed by atoms with Gasteiger partial charge in [-0.2, -0.15) is 8.42 Å². The molecule has 9 nitrogen and oxygen atoms in total. The van der Waals surface area contributed by atoms with Gasteiger partial charge in [0, 0.05) is 16.3 Å². The lowest BCUT2D eigenvalue weighted by Gasteiger charge is -2.11. The molecule has 0 aliphatic rings. The van der Waals surface area contributed by atoms with Crippen LogP contribution in [0.2, 0.25) is 5.02 Å². The molecule has 11 heteroatoms. The smallest absolute Gasteiger partial charge is 0.285 e. The predicted molar refractivity (Wildman–Crippen MR) is 131 cm³/mol. The fourth-order valence-electron chi connectivity index (χ4n) is 2.72. The van der Waals surface area contributed by atoms with Crippen LogP contribution in [0.4, 0.5) is 5.69 Å². The van der Waals surface area contributed by atoms with E-state index in [1.165, 1.54) is 30.3 Å². The standard InChI is InChI=1S/C23H20ClN5O4S/c24-19-9-5-4-8-16(19)14-20(27-21(30)15-6-2-1-3-7-15)22(31)28-23(26)29-34(32,33)18-12-10-17(25)11-13-18/h1-14H,25H2,(H,27,30)(H3,26,28,29,31). The first-order valence-electron chi connectivity index (χ1n) is 9.75. The van der Waals surface area contributed by atoms with Gasteiger partial charge in [-0.3, -0.25) is 14.9 Å². The zero-order chi connectivity index (χ0) is 24.7. The van der Waals surface area contributed by atoms with Crippen LogP contribution in [0, 0.1) is 0 Å². The van der Waals surface area contributed by atoms with Gasteiger partial charge in [0.05, 0.1) is 4.90 Å². The maximum absolute atomic E-state index is 12.9. The SMILES string of the molecule is NC(=NS(=O)(=O)c1ccc(N)cc1)NC(=O)C(=Cc1ccccc1Cl)NC(=O)c1ccccc1. The normalized spacial score (nSPS) is 12.1. The van der Waals surface area contributed by atoms with Crippen molar-refractivity contribution in [2.75, 3.05) is 5.73 Å². The van der Waals surface area contributed by atoms with Gasteiger partial charge in [-0.15, -0.1) is 4.40 Å². The fraction of sp³-hybridized carbons (Fsp3) is 0. The molecule has 3 rings (SSSR count). The number of hydrogen-bond donors (Lipinski definition) is 4. The van der Waals surface area contributed by atoms with Gasteiger partial charge in [0.25, 0.3) is 21.8 Å². The number of carbonyl (C=O) groups is 2. The van der Waals surface area contributed by atoms with Crippen LogP contribution >= 0.6 is 11.6 Å². The van der Waals surface area contributed by atoms with Crippen LogP contribution in [-0.4, -0.2) is 26.2 Å². The van der Waals surface area contributed by atoms with Gasteiger partial charge in [-0.05, 0) is 54.1 Å². The number of nitrogens with two attached hydrogens (primary N) is 2. The molecule has 0 aromatic heterocycles. The second-order valence-corrected chi connectivity index (χ2v) is 8.89. The molecule has 0 heterocycles. The zero-order valence-corrected chi connectivity index (χ0v) is 19.2. The van der Waals surface area contributed by atoms with E-state index in [1.807, 2.05) is 0 Å². The van der Waals surface area contributed by atoms with Crippen molar-refractivity contribution in [3.8, 4) is 0 Å². The molecule has 0 atom stereocenters. The monoisotopic (exact) mass is 497 g/mol. The molecular weight excluding hydrogens is 478 g/mol. The predicted octanol–water partition coefficient (Wildman–Crippen LogP) is 2.51. The summed E-state index contributed by atoms with van der Waals surface area (Å²) >= 11 is 6.17. The minimum Gasteiger partial charge on any atom is -0.399 e. The molecule has 2 amide bonds. The lowest BCUT2D eigenvalue weighted by atomic mass is 10.1. The van der Waals surface area contributed by atoms with Crippen LogP contribution < -0.4 is 22.1 Å². The number of guanidine groups is 1. The summed E-state index contributed by atoms with van der Waals surface area (Å²) in [7, 11) is -4.21. The third kappa shape index (κ3) is 6.44. The Morgan fingerprint density at radius 1 is 0.882 bits per heavy atom. The zero-order valence-electron chi connectivity index (χ0n) is 17.6. The third-order valence-corrected chi connectivity index (χ3v) is 6.02. The number of rotatable bonds is 6. The van der Waals surface area contributed by atoms with Crippen molar-refractivity contribution in [3.63, 3.8) is 0 Å². The Morgan fingerprint density at radius 3 is 2.15 bits per heavy atom. The number of anilines is 1.